The number of thiophene rings is 1. The number of aryl methyl sites for hydroxylation is 1. The second-order valence-corrected chi connectivity index (χ2v) is 8.32. The van der Waals surface area contributed by atoms with Crippen LogP contribution in [0.5, 0.6) is 0 Å². The van der Waals surface area contributed by atoms with Crippen molar-refractivity contribution in [3.8, 4) is 10.7 Å². The molecule has 6 heteroatoms. The van der Waals surface area contributed by atoms with Gasteiger partial charge in [-0.2, -0.15) is 0 Å². The van der Waals surface area contributed by atoms with E-state index < -0.39 is 0 Å². The Balaban J connectivity index is 1.57. The summed E-state index contributed by atoms with van der Waals surface area (Å²) in [6.45, 7) is 2.68. The molecule has 0 unspecified atom stereocenters. The zero-order chi connectivity index (χ0) is 19.3. The zero-order valence-corrected chi connectivity index (χ0v) is 17.0. The van der Waals surface area contributed by atoms with Crippen molar-refractivity contribution in [3.05, 3.63) is 88.8 Å². The number of Topliss-reactive ketones (excluding diaryl/α,β-unsaturated/α-hetero) is 1. The van der Waals surface area contributed by atoms with E-state index in [1.807, 2.05) is 66.9 Å². The smallest absolute Gasteiger partial charge is 0.192 e. The predicted octanol–water partition coefficient (Wildman–Crippen LogP) is 5.34. The third-order valence-electron chi connectivity index (χ3n) is 4.35. The molecule has 0 bridgehead atoms. The molecule has 0 aliphatic carbocycles. The SMILES string of the molecule is Cc1ccc(C(=O)CSc2nnc(-c3cccs3)n2Cc2ccccc2)cc1. The monoisotopic (exact) mass is 405 g/mol. The van der Waals surface area contributed by atoms with Crippen LogP contribution < -0.4 is 0 Å². The Morgan fingerprint density at radius 2 is 1.79 bits per heavy atom. The maximum Gasteiger partial charge on any atom is 0.192 e. The molecule has 0 radical (unpaired) electrons. The molecule has 4 aromatic rings. The average Bonchev–Trinajstić information content (AvgIpc) is 3.37. The minimum absolute atomic E-state index is 0.0944. The van der Waals surface area contributed by atoms with Crippen molar-refractivity contribution < 1.29 is 4.79 Å². The van der Waals surface area contributed by atoms with Crippen molar-refractivity contribution in [2.24, 2.45) is 0 Å². The molecule has 2 aromatic heterocycles. The number of nitrogens with zero attached hydrogens (tertiary/aromatic N) is 3. The lowest BCUT2D eigenvalue weighted by Crippen LogP contribution is -2.06. The van der Waals surface area contributed by atoms with Crippen LogP contribution in [0.25, 0.3) is 10.7 Å². The Hall–Kier alpha value is -2.70. The molecule has 0 saturated heterocycles. The standard InChI is InChI=1S/C22H19N3OS2/c1-16-9-11-18(12-10-16)19(26)15-28-22-24-23-21(20-8-5-13-27-20)25(22)14-17-6-3-2-4-7-17/h2-13H,14-15H2,1H3. The van der Waals surface area contributed by atoms with Crippen molar-refractivity contribution in [1.82, 2.24) is 14.8 Å². The molecule has 140 valence electrons. The van der Waals surface area contributed by atoms with Crippen molar-refractivity contribution in [2.45, 2.75) is 18.6 Å². The molecule has 0 amide bonds. The van der Waals surface area contributed by atoms with Crippen LogP contribution in [-0.4, -0.2) is 26.3 Å². The highest BCUT2D eigenvalue weighted by atomic mass is 32.2. The summed E-state index contributed by atoms with van der Waals surface area (Å²) in [4.78, 5) is 13.6. The number of carbonyl (C=O) groups excluding carboxylic acids is 1. The third kappa shape index (κ3) is 4.24. The summed E-state index contributed by atoms with van der Waals surface area (Å²) in [5.41, 5.74) is 3.05. The summed E-state index contributed by atoms with van der Waals surface area (Å²) in [5, 5.41) is 11.6. The highest BCUT2D eigenvalue weighted by Gasteiger charge is 2.17. The molecule has 0 spiro atoms. The first-order valence-electron chi connectivity index (χ1n) is 8.94. The van der Waals surface area contributed by atoms with Gasteiger partial charge in [-0.3, -0.25) is 9.36 Å². The van der Waals surface area contributed by atoms with E-state index >= 15 is 0 Å². The van der Waals surface area contributed by atoms with Gasteiger partial charge in [0.15, 0.2) is 16.8 Å². The topological polar surface area (TPSA) is 47.8 Å². The molecule has 2 heterocycles. The van der Waals surface area contributed by atoms with Crippen LogP contribution in [0.3, 0.4) is 0 Å². The van der Waals surface area contributed by atoms with Crippen LogP contribution in [0.1, 0.15) is 21.5 Å². The molecule has 0 aliphatic rings. The predicted molar refractivity (Wildman–Crippen MR) is 115 cm³/mol. The molecule has 0 fully saturated rings. The average molecular weight is 406 g/mol. The Morgan fingerprint density at radius 3 is 2.50 bits per heavy atom. The maximum atomic E-state index is 12.6. The van der Waals surface area contributed by atoms with E-state index in [-0.39, 0.29) is 5.78 Å². The number of carbonyl (C=O) groups is 1. The molecule has 0 saturated carbocycles. The van der Waals surface area contributed by atoms with Crippen molar-refractivity contribution in [1.29, 1.82) is 0 Å². The Morgan fingerprint density at radius 1 is 1.00 bits per heavy atom. The van der Waals surface area contributed by atoms with Crippen LogP contribution >= 0.6 is 23.1 Å². The third-order valence-corrected chi connectivity index (χ3v) is 6.18. The van der Waals surface area contributed by atoms with E-state index in [2.05, 4.69) is 26.9 Å². The van der Waals surface area contributed by atoms with Gasteiger partial charge in [-0.1, -0.05) is 78.0 Å². The molecule has 0 atom stereocenters. The number of aromatic nitrogens is 3. The second kappa shape index (κ2) is 8.54. The molecule has 4 rings (SSSR count). The van der Waals surface area contributed by atoms with Gasteiger partial charge in [0.2, 0.25) is 0 Å². The van der Waals surface area contributed by atoms with Gasteiger partial charge >= 0.3 is 0 Å². The number of benzene rings is 2. The molecular formula is C22H19N3OS2. The second-order valence-electron chi connectivity index (χ2n) is 6.43. The van der Waals surface area contributed by atoms with E-state index in [0.29, 0.717) is 12.3 Å². The first kappa shape index (κ1) is 18.7. The molecule has 0 N–H and O–H groups in total. The van der Waals surface area contributed by atoms with Gasteiger partial charge in [0, 0.05) is 5.56 Å². The lowest BCUT2D eigenvalue weighted by Gasteiger charge is -2.09. The Bertz CT molecular complexity index is 1060. The molecule has 0 aliphatic heterocycles. The van der Waals surface area contributed by atoms with Gasteiger partial charge in [0.1, 0.15) is 0 Å². The maximum absolute atomic E-state index is 12.6. The summed E-state index contributed by atoms with van der Waals surface area (Å²) in [7, 11) is 0. The van der Waals surface area contributed by atoms with Gasteiger partial charge in [-0.05, 0) is 23.9 Å². The van der Waals surface area contributed by atoms with Crippen molar-refractivity contribution in [3.63, 3.8) is 0 Å². The minimum atomic E-state index is 0.0944. The number of ketones is 1. The van der Waals surface area contributed by atoms with E-state index in [1.54, 1.807) is 11.3 Å². The van der Waals surface area contributed by atoms with Crippen LogP contribution in [0.15, 0.2) is 77.3 Å². The fourth-order valence-electron chi connectivity index (χ4n) is 2.84. The first-order chi connectivity index (χ1) is 13.7. The van der Waals surface area contributed by atoms with Gasteiger partial charge in [-0.15, -0.1) is 21.5 Å². The normalized spacial score (nSPS) is 10.9. The number of rotatable bonds is 7. The van der Waals surface area contributed by atoms with E-state index in [9.17, 15) is 4.79 Å². The summed E-state index contributed by atoms with van der Waals surface area (Å²) >= 11 is 3.07. The fraction of sp³-hybridized carbons (Fsp3) is 0.136. The van der Waals surface area contributed by atoms with Gasteiger partial charge in [0.25, 0.3) is 0 Å². The van der Waals surface area contributed by atoms with Crippen LogP contribution in [0.4, 0.5) is 0 Å². The molecule has 2 aromatic carbocycles. The summed E-state index contributed by atoms with van der Waals surface area (Å²) in [6, 6.07) is 22.0. The van der Waals surface area contributed by atoms with Crippen LogP contribution in [0.2, 0.25) is 0 Å². The minimum Gasteiger partial charge on any atom is -0.297 e. The number of hydrogen-bond acceptors (Lipinski definition) is 5. The summed E-state index contributed by atoms with van der Waals surface area (Å²) in [5.74, 6) is 1.27. The van der Waals surface area contributed by atoms with Gasteiger partial charge < -0.3 is 0 Å². The summed E-state index contributed by atoms with van der Waals surface area (Å²) in [6.07, 6.45) is 0. The molecular weight excluding hydrogens is 386 g/mol. The van der Waals surface area contributed by atoms with Crippen molar-refractivity contribution in [2.75, 3.05) is 5.75 Å². The highest BCUT2D eigenvalue weighted by Crippen LogP contribution is 2.28. The largest absolute Gasteiger partial charge is 0.297 e. The van der Waals surface area contributed by atoms with Crippen LogP contribution in [0, 0.1) is 6.92 Å². The highest BCUT2D eigenvalue weighted by molar-refractivity contribution is 7.99. The lowest BCUT2D eigenvalue weighted by molar-refractivity contribution is 0.102. The Labute approximate surface area is 172 Å². The van der Waals surface area contributed by atoms with E-state index in [0.717, 1.165) is 27.0 Å². The van der Waals surface area contributed by atoms with Gasteiger partial charge in [-0.25, -0.2) is 0 Å². The van der Waals surface area contributed by atoms with Crippen LogP contribution in [-0.2, 0) is 6.54 Å². The summed E-state index contributed by atoms with van der Waals surface area (Å²) < 4.78 is 2.09. The van der Waals surface area contributed by atoms with E-state index in [1.165, 1.54) is 17.3 Å². The lowest BCUT2D eigenvalue weighted by atomic mass is 10.1. The van der Waals surface area contributed by atoms with E-state index in [4.69, 9.17) is 0 Å². The quantitative estimate of drug-likeness (QED) is 0.308. The molecule has 4 nitrogen and oxygen atoms in total. The fourth-order valence-corrected chi connectivity index (χ4v) is 4.39. The Kier molecular flexibility index (Phi) is 5.69. The van der Waals surface area contributed by atoms with Crippen molar-refractivity contribution >= 4 is 28.9 Å². The number of hydrogen-bond donors (Lipinski definition) is 0. The van der Waals surface area contributed by atoms with Gasteiger partial charge in [0.05, 0.1) is 17.2 Å². The molecule has 28 heavy (non-hydrogen) atoms. The number of thioether (sulfide) groups is 1. The zero-order valence-electron chi connectivity index (χ0n) is 15.4. The first-order valence-corrected chi connectivity index (χ1v) is 10.8.